The molecule has 4 heteroatoms. The smallest absolute Gasteiger partial charge is 0.197 e. The van der Waals surface area contributed by atoms with Crippen LogP contribution >= 0.6 is 0 Å². The maximum atomic E-state index is 5.38. The van der Waals surface area contributed by atoms with Gasteiger partial charge in [-0.05, 0) is 86.3 Å². The molecule has 3 unspecified atom stereocenters. The summed E-state index contributed by atoms with van der Waals surface area (Å²) in [5.74, 6) is 6.21. The lowest BCUT2D eigenvalue weighted by molar-refractivity contribution is 0.205. The topological polar surface area (TPSA) is 28.1 Å². The molecule has 2 aliphatic heterocycles. The summed E-state index contributed by atoms with van der Waals surface area (Å²) >= 11 is 0. The molecule has 0 N–H and O–H groups in total. The van der Waals surface area contributed by atoms with Crippen LogP contribution in [0.1, 0.15) is 69.8 Å². The number of hydrogen-bond donors (Lipinski definition) is 0. The number of nitrogens with zero attached hydrogens (tertiary/aromatic N) is 3. The molecule has 1 aromatic rings. The van der Waals surface area contributed by atoms with Crippen molar-refractivity contribution in [2.75, 3.05) is 26.7 Å². The number of fused-ring (bicyclic) bond motifs is 3. The summed E-state index contributed by atoms with van der Waals surface area (Å²) in [7, 11) is 1.75. The molecule has 3 aliphatic carbocycles. The molecule has 4 nitrogen and oxygen atoms in total. The van der Waals surface area contributed by atoms with Crippen molar-refractivity contribution < 1.29 is 4.74 Å². The third-order valence-electron chi connectivity index (χ3n) is 9.63. The summed E-state index contributed by atoms with van der Waals surface area (Å²) in [6.45, 7) is 3.42. The second kappa shape index (κ2) is 8.91. The fourth-order valence-corrected chi connectivity index (χ4v) is 7.92. The Morgan fingerprint density at radius 1 is 0.969 bits per heavy atom. The number of aliphatic imine (C=N–C) groups is 1. The second-order valence-corrected chi connectivity index (χ2v) is 11.4. The molecule has 5 atom stereocenters. The Morgan fingerprint density at radius 2 is 1.81 bits per heavy atom. The summed E-state index contributed by atoms with van der Waals surface area (Å²) in [5.41, 5.74) is 1.43. The molecule has 0 amide bonds. The number of guanidine groups is 1. The summed E-state index contributed by atoms with van der Waals surface area (Å²) < 4.78 is 5.38. The van der Waals surface area contributed by atoms with Gasteiger partial charge in [0.05, 0.1) is 25.7 Å². The monoisotopic (exact) mass is 435 g/mol. The summed E-state index contributed by atoms with van der Waals surface area (Å²) in [6, 6.07) is 9.98. The van der Waals surface area contributed by atoms with E-state index in [0.29, 0.717) is 12.1 Å². The quantitative estimate of drug-likeness (QED) is 0.576. The molecular formula is C28H41N3O. The third kappa shape index (κ3) is 3.92. The Labute approximate surface area is 194 Å². The van der Waals surface area contributed by atoms with Crippen LogP contribution in [-0.2, 0) is 6.42 Å². The van der Waals surface area contributed by atoms with Crippen molar-refractivity contribution in [3.63, 3.8) is 0 Å². The molecular weight excluding hydrogens is 394 g/mol. The van der Waals surface area contributed by atoms with Crippen molar-refractivity contribution in [1.29, 1.82) is 0 Å². The zero-order chi connectivity index (χ0) is 21.5. The molecule has 6 rings (SSSR count). The van der Waals surface area contributed by atoms with Crippen molar-refractivity contribution in [2.24, 2.45) is 28.7 Å². The van der Waals surface area contributed by atoms with Gasteiger partial charge in [0.2, 0.25) is 0 Å². The third-order valence-corrected chi connectivity index (χ3v) is 9.63. The van der Waals surface area contributed by atoms with Crippen molar-refractivity contribution >= 4 is 5.96 Å². The van der Waals surface area contributed by atoms with Crippen LogP contribution in [0.2, 0.25) is 0 Å². The maximum absolute atomic E-state index is 5.38. The Kier molecular flexibility index (Phi) is 5.81. The SMILES string of the molecule is COc1ccc(C[C@H]2CN3C(=NC[C@@H]3C3CCCCC3)N2CCC2CC3CCC2C3)cc1. The van der Waals surface area contributed by atoms with Crippen molar-refractivity contribution in [1.82, 2.24) is 9.80 Å². The van der Waals surface area contributed by atoms with Gasteiger partial charge in [-0.3, -0.25) is 4.99 Å². The predicted octanol–water partition coefficient (Wildman–Crippen LogP) is 5.37. The first-order chi connectivity index (χ1) is 15.8. The lowest BCUT2D eigenvalue weighted by atomic mass is 9.83. The molecule has 4 fully saturated rings. The van der Waals surface area contributed by atoms with E-state index in [0.717, 1.165) is 42.4 Å². The highest BCUT2D eigenvalue weighted by Crippen LogP contribution is 2.49. The Bertz CT molecular complexity index is 814. The highest BCUT2D eigenvalue weighted by molar-refractivity contribution is 5.84. The van der Waals surface area contributed by atoms with Crippen LogP contribution in [0.3, 0.4) is 0 Å². The molecule has 1 saturated heterocycles. The fourth-order valence-electron chi connectivity index (χ4n) is 7.92. The van der Waals surface area contributed by atoms with E-state index in [1.165, 1.54) is 88.8 Å². The van der Waals surface area contributed by atoms with Crippen molar-refractivity contribution in [3.05, 3.63) is 29.8 Å². The number of methoxy groups -OCH3 is 1. The Hall–Kier alpha value is -1.71. The highest BCUT2D eigenvalue weighted by atomic mass is 16.5. The standard InChI is InChI=1S/C28H41N3O/c1-32-26-11-8-20(9-12-26)17-25-19-31-27(22-5-3-2-4-6-22)18-29-28(31)30(25)14-13-24-16-21-7-10-23(24)15-21/h8-9,11-12,21-25,27H,2-7,10,13-19H2,1H3/t21?,23?,24?,25-,27+/m0/s1. The van der Waals surface area contributed by atoms with Crippen molar-refractivity contribution in [3.8, 4) is 5.75 Å². The minimum Gasteiger partial charge on any atom is -0.497 e. The molecule has 3 saturated carbocycles. The van der Waals surface area contributed by atoms with E-state index < -0.39 is 0 Å². The summed E-state index contributed by atoms with van der Waals surface area (Å²) in [6.07, 6.45) is 15.6. The molecule has 1 aromatic carbocycles. The van der Waals surface area contributed by atoms with Crippen LogP contribution < -0.4 is 4.74 Å². The van der Waals surface area contributed by atoms with Crippen LogP contribution in [0.15, 0.2) is 29.3 Å². The maximum Gasteiger partial charge on any atom is 0.197 e. The van der Waals surface area contributed by atoms with Gasteiger partial charge in [-0.25, -0.2) is 0 Å². The summed E-state index contributed by atoms with van der Waals surface area (Å²) in [5, 5.41) is 0. The van der Waals surface area contributed by atoms with Crippen molar-refractivity contribution in [2.45, 2.75) is 82.7 Å². The van der Waals surface area contributed by atoms with Crippen LogP contribution in [0, 0.1) is 23.7 Å². The minimum atomic E-state index is 0.562. The first kappa shape index (κ1) is 20.9. The van der Waals surface area contributed by atoms with Gasteiger partial charge in [0.1, 0.15) is 5.75 Å². The zero-order valence-corrected chi connectivity index (χ0v) is 19.9. The molecule has 0 radical (unpaired) electrons. The molecule has 2 bridgehead atoms. The molecule has 0 spiro atoms. The lowest BCUT2D eigenvalue weighted by Crippen LogP contribution is -2.41. The average Bonchev–Trinajstić information content (AvgIpc) is 3.61. The van der Waals surface area contributed by atoms with Gasteiger partial charge < -0.3 is 14.5 Å². The fraction of sp³-hybridized carbons (Fsp3) is 0.750. The minimum absolute atomic E-state index is 0.562. The molecule has 32 heavy (non-hydrogen) atoms. The molecule has 5 aliphatic rings. The van der Waals surface area contributed by atoms with Crippen LogP contribution in [0.25, 0.3) is 0 Å². The van der Waals surface area contributed by atoms with Crippen LogP contribution in [0.5, 0.6) is 5.75 Å². The summed E-state index contributed by atoms with van der Waals surface area (Å²) in [4.78, 5) is 10.7. The first-order valence-electron chi connectivity index (χ1n) is 13.5. The van der Waals surface area contributed by atoms with E-state index in [9.17, 15) is 0 Å². The van der Waals surface area contributed by atoms with Gasteiger partial charge in [-0.15, -0.1) is 0 Å². The van der Waals surface area contributed by atoms with E-state index >= 15 is 0 Å². The average molecular weight is 436 g/mol. The van der Waals surface area contributed by atoms with E-state index in [1.54, 1.807) is 7.11 Å². The number of hydrogen-bond acceptors (Lipinski definition) is 4. The number of ether oxygens (including phenoxy) is 1. The second-order valence-electron chi connectivity index (χ2n) is 11.4. The first-order valence-corrected chi connectivity index (χ1v) is 13.5. The molecule has 0 aromatic heterocycles. The van der Waals surface area contributed by atoms with E-state index in [4.69, 9.17) is 9.73 Å². The number of rotatable bonds is 7. The Balaban J connectivity index is 1.17. The van der Waals surface area contributed by atoms with Gasteiger partial charge in [0.15, 0.2) is 5.96 Å². The normalized spacial score (nSPS) is 34.3. The van der Waals surface area contributed by atoms with Gasteiger partial charge in [-0.1, -0.05) is 37.8 Å². The van der Waals surface area contributed by atoms with Crippen LogP contribution in [0.4, 0.5) is 0 Å². The van der Waals surface area contributed by atoms with E-state index in [-0.39, 0.29) is 0 Å². The van der Waals surface area contributed by atoms with E-state index in [1.807, 2.05) is 0 Å². The van der Waals surface area contributed by atoms with Gasteiger partial charge in [0, 0.05) is 13.1 Å². The largest absolute Gasteiger partial charge is 0.497 e. The highest BCUT2D eigenvalue weighted by Gasteiger charge is 2.45. The predicted molar refractivity (Wildman–Crippen MR) is 130 cm³/mol. The Morgan fingerprint density at radius 3 is 2.53 bits per heavy atom. The zero-order valence-electron chi connectivity index (χ0n) is 19.9. The molecule has 174 valence electrons. The van der Waals surface area contributed by atoms with E-state index in [2.05, 4.69) is 34.1 Å². The van der Waals surface area contributed by atoms with Gasteiger partial charge in [-0.2, -0.15) is 0 Å². The lowest BCUT2D eigenvalue weighted by Gasteiger charge is -2.33. The van der Waals surface area contributed by atoms with Gasteiger partial charge in [0.25, 0.3) is 0 Å². The number of benzene rings is 1. The van der Waals surface area contributed by atoms with Gasteiger partial charge >= 0.3 is 0 Å². The van der Waals surface area contributed by atoms with Crippen LogP contribution in [-0.4, -0.2) is 54.6 Å². The molecule has 2 heterocycles.